The molecule has 2 N–H and O–H groups in total. The molecule has 1 aromatic carbocycles. The standard InChI is InChI=1S/C20H31N5O.HI/c1-5-21-20(22-12-13-25(6-2)7-3)23-14-18-15-26-19(24-18)17-10-8-16(4)9-11-17;/h8-11,15H,5-7,12-14H2,1-4H3,(H2,21,22,23);1H. The zero-order chi connectivity index (χ0) is 18.8. The average Bonchev–Trinajstić information content (AvgIpc) is 3.13. The van der Waals surface area contributed by atoms with Crippen molar-refractivity contribution in [3.63, 3.8) is 0 Å². The fraction of sp³-hybridized carbons (Fsp3) is 0.500. The van der Waals surface area contributed by atoms with Gasteiger partial charge in [-0.15, -0.1) is 24.0 Å². The number of hydrogen-bond donors (Lipinski definition) is 2. The van der Waals surface area contributed by atoms with Crippen molar-refractivity contribution < 1.29 is 4.42 Å². The molecule has 0 bridgehead atoms. The zero-order valence-electron chi connectivity index (χ0n) is 16.8. The Kier molecular flexibility index (Phi) is 11.0. The normalized spacial score (nSPS) is 11.4. The minimum absolute atomic E-state index is 0. The molecular formula is C20H32IN5O. The van der Waals surface area contributed by atoms with Gasteiger partial charge in [0, 0.05) is 25.2 Å². The van der Waals surface area contributed by atoms with Gasteiger partial charge in [-0.2, -0.15) is 0 Å². The van der Waals surface area contributed by atoms with Crippen LogP contribution in [0.2, 0.25) is 0 Å². The molecule has 150 valence electrons. The molecule has 0 unspecified atom stereocenters. The smallest absolute Gasteiger partial charge is 0.226 e. The number of benzene rings is 1. The number of hydrogen-bond acceptors (Lipinski definition) is 4. The summed E-state index contributed by atoms with van der Waals surface area (Å²) in [5.41, 5.74) is 3.02. The van der Waals surface area contributed by atoms with Crippen molar-refractivity contribution in [2.24, 2.45) is 4.99 Å². The van der Waals surface area contributed by atoms with Crippen LogP contribution in [0, 0.1) is 6.92 Å². The van der Waals surface area contributed by atoms with Gasteiger partial charge in [-0.1, -0.05) is 31.5 Å². The van der Waals surface area contributed by atoms with Gasteiger partial charge in [0.05, 0.1) is 6.54 Å². The predicted molar refractivity (Wildman–Crippen MR) is 123 cm³/mol. The second-order valence-electron chi connectivity index (χ2n) is 6.16. The SMILES string of the molecule is CCNC(=NCc1coc(-c2ccc(C)cc2)n1)NCCN(CC)CC.I. The number of guanidine groups is 1. The maximum atomic E-state index is 5.60. The van der Waals surface area contributed by atoms with Crippen LogP contribution < -0.4 is 10.6 Å². The summed E-state index contributed by atoms with van der Waals surface area (Å²) < 4.78 is 5.60. The van der Waals surface area contributed by atoms with E-state index in [-0.39, 0.29) is 24.0 Å². The Morgan fingerprint density at radius 2 is 1.81 bits per heavy atom. The fourth-order valence-corrected chi connectivity index (χ4v) is 2.58. The number of nitrogens with one attached hydrogen (secondary N) is 2. The predicted octanol–water partition coefficient (Wildman–Crippen LogP) is 3.66. The second kappa shape index (κ2) is 12.7. The maximum absolute atomic E-state index is 5.60. The van der Waals surface area contributed by atoms with Crippen LogP contribution in [0.5, 0.6) is 0 Å². The monoisotopic (exact) mass is 485 g/mol. The summed E-state index contributed by atoms with van der Waals surface area (Å²) in [5.74, 6) is 1.44. The molecular weight excluding hydrogens is 453 g/mol. The topological polar surface area (TPSA) is 65.7 Å². The molecule has 0 aliphatic rings. The molecule has 0 amide bonds. The molecule has 0 saturated carbocycles. The summed E-state index contributed by atoms with van der Waals surface area (Å²) in [4.78, 5) is 11.5. The van der Waals surface area contributed by atoms with Crippen molar-refractivity contribution in [3.05, 3.63) is 41.8 Å². The third kappa shape index (κ3) is 7.88. The van der Waals surface area contributed by atoms with E-state index in [0.29, 0.717) is 12.4 Å². The largest absolute Gasteiger partial charge is 0.444 e. The fourth-order valence-electron chi connectivity index (χ4n) is 2.58. The molecule has 1 heterocycles. The van der Waals surface area contributed by atoms with Crippen molar-refractivity contribution in [3.8, 4) is 11.5 Å². The molecule has 0 radical (unpaired) electrons. The molecule has 2 aromatic rings. The van der Waals surface area contributed by atoms with Gasteiger partial charge in [0.15, 0.2) is 5.96 Å². The van der Waals surface area contributed by atoms with Crippen LogP contribution in [-0.4, -0.2) is 48.6 Å². The minimum Gasteiger partial charge on any atom is -0.444 e. The summed E-state index contributed by atoms with van der Waals surface area (Å²) in [5, 5.41) is 6.64. The van der Waals surface area contributed by atoms with Gasteiger partial charge in [0.2, 0.25) is 5.89 Å². The Morgan fingerprint density at radius 1 is 1.11 bits per heavy atom. The number of aliphatic imine (C=N–C) groups is 1. The van der Waals surface area contributed by atoms with Crippen LogP contribution in [0.3, 0.4) is 0 Å². The summed E-state index contributed by atoms with van der Waals surface area (Å²) in [6.45, 7) is 13.8. The van der Waals surface area contributed by atoms with E-state index in [1.165, 1.54) is 5.56 Å². The lowest BCUT2D eigenvalue weighted by Crippen LogP contribution is -2.41. The van der Waals surface area contributed by atoms with E-state index in [0.717, 1.165) is 49.9 Å². The number of oxazole rings is 1. The first-order valence-electron chi connectivity index (χ1n) is 9.42. The third-order valence-corrected chi connectivity index (χ3v) is 4.21. The Bertz CT molecular complexity index is 680. The highest BCUT2D eigenvalue weighted by atomic mass is 127. The van der Waals surface area contributed by atoms with Crippen LogP contribution >= 0.6 is 24.0 Å². The molecule has 0 spiro atoms. The van der Waals surface area contributed by atoms with Gasteiger partial charge in [-0.05, 0) is 39.1 Å². The van der Waals surface area contributed by atoms with Gasteiger partial charge >= 0.3 is 0 Å². The van der Waals surface area contributed by atoms with Crippen molar-refractivity contribution in [1.29, 1.82) is 0 Å². The van der Waals surface area contributed by atoms with E-state index in [1.54, 1.807) is 6.26 Å². The number of halogens is 1. The lowest BCUT2D eigenvalue weighted by atomic mass is 10.1. The number of likely N-dealkylation sites (N-methyl/N-ethyl adjacent to an activating group) is 1. The zero-order valence-corrected chi connectivity index (χ0v) is 19.1. The van der Waals surface area contributed by atoms with Crippen LogP contribution in [0.25, 0.3) is 11.5 Å². The summed E-state index contributed by atoms with van der Waals surface area (Å²) in [6, 6.07) is 8.15. The number of aromatic nitrogens is 1. The molecule has 2 rings (SSSR count). The molecule has 6 nitrogen and oxygen atoms in total. The lowest BCUT2D eigenvalue weighted by molar-refractivity contribution is 0.308. The summed E-state index contributed by atoms with van der Waals surface area (Å²) >= 11 is 0. The van der Waals surface area contributed by atoms with Gasteiger partial charge in [-0.3, -0.25) is 0 Å². The maximum Gasteiger partial charge on any atom is 0.226 e. The molecule has 0 atom stereocenters. The molecule has 0 saturated heterocycles. The van der Waals surface area contributed by atoms with Crippen molar-refractivity contribution in [1.82, 2.24) is 20.5 Å². The van der Waals surface area contributed by atoms with Gasteiger partial charge in [-0.25, -0.2) is 9.98 Å². The van der Waals surface area contributed by atoms with Crippen LogP contribution in [0.1, 0.15) is 32.0 Å². The van der Waals surface area contributed by atoms with Crippen LogP contribution in [0.4, 0.5) is 0 Å². The number of nitrogens with zero attached hydrogens (tertiary/aromatic N) is 3. The van der Waals surface area contributed by atoms with E-state index in [1.807, 2.05) is 12.1 Å². The lowest BCUT2D eigenvalue weighted by Gasteiger charge is -2.19. The Morgan fingerprint density at radius 3 is 2.44 bits per heavy atom. The minimum atomic E-state index is 0. The van der Waals surface area contributed by atoms with Crippen LogP contribution in [-0.2, 0) is 6.54 Å². The highest BCUT2D eigenvalue weighted by molar-refractivity contribution is 14.0. The van der Waals surface area contributed by atoms with Crippen LogP contribution in [0.15, 0.2) is 39.9 Å². The highest BCUT2D eigenvalue weighted by Gasteiger charge is 2.07. The molecule has 0 fully saturated rings. The first-order valence-corrected chi connectivity index (χ1v) is 9.42. The van der Waals surface area contributed by atoms with E-state index in [4.69, 9.17) is 4.42 Å². The average molecular weight is 485 g/mol. The Labute approximate surface area is 179 Å². The first kappa shape index (κ1) is 23.4. The molecule has 0 aliphatic carbocycles. The molecule has 0 aliphatic heterocycles. The quantitative estimate of drug-likeness (QED) is 0.323. The first-order chi connectivity index (χ1) is 12.7. The van der Waals surface area contributed by atoms with E-state index >= 15 is 0 Å². The second-order valence-corrected chi connectivity index (χ2v) is 6.16. The van der Waals surface area contributed by atoms with Crippen molar-refractivity contribution >= 4 is 29.9 Å². The third-order valence-electron chi connectivity index (χ3n) is 4.21. The van der Waals surface area contributed by atoms with E-state index in [9.17, 15) is 0 Å². The van der Waals surface area contributed by atoms with Gasteiger partial charge in [0.25, 0.3) is 0 Å². The Hall–Kier alpha value is -1.61. The van der Waals surface area contributed by atoms with Gasteiger partial charge in [0.1, 0.15) is 12.0 Å². The summed E-state index contributed by atoms with van der Waals surface area (Å²) in [6.07, 6.45) is 1.68. The highest BCUT2D eigenvalue weighted by Crippen LogP contribution is 2.19. The van der Waals surface area contributed by atoms with Crippen molar-refractivity contribution in [2.75, 3.05) is 32.7 Å². The summed E-state index contributed by atoms with van der Waals surface area (Å²) in [7, 11) is 0. The van der Waals surface area contributed by atoms with E-state index in [2.05, 4.69) is 65.3 Å². The molecule has 7 heteroatoms. The van der Waals surface area contributed by atoms with E-state index < -0.39 is 0 Å². The molecule has 27 heavy (non-hydrogen) atoms. The Balaban J connectivity index is 0.00000364. The number of rotatable bonds is 9. The molecule has 1 aromatic heterocycles. The van der Waals surface area contributed by atoms with Gasteiger partial charge < -0.3 is 20.0 Å². The number of aryl methyl sites for hydroxylation is 1. The van der Waals surface area contributed by atoms with Crippen molar-refractivity contribution in [2.45, 2.75) is 34.2 Å².